The molecule has 5 heteroatoms. The Balaban J connectivity index is 2.98. The minimum atomic E-state index is -1.52. The van der Waals surface area contributed by atoms with E-state index >= 15 is 0 Å². The molecule has 0 bridgehead atoms. The monoisotopic (exact) mass is 245 g/mol. The molecule has 0 heterocycles. The van der Waals surface area contributed by atoms with E-state index in [9.17, 15) is 13.0 Å². The van der Waals surface area contributed by atoms with Crippen molar-refractivity contribution in [2.24, 2.45) is 4.40 Å². The minimum Gasteiger partial charge on any atom is -0.234 e. The molecule has 0 unspecified atom stereocenters. The predicted octanol–water partition coefficient (Wildman–Crippen LogP) is 2.85. The lowest BCUT2D eigenvalue weighted by Gasteiger charge is -2.12. The third-order valence-corrected chi connectivity index (χ3v) is 3.15. The first-order valence-electron chi connectivity index (χ1n) is 4.72. The summed E-state index contributed by atoms with van der Waals surface area (Å²) in [5, 5.41) is 0. The summed E-state index contributed by atoms with van der Waals surface area (Å²) in [6.45, 7) is 5.20. The molecule has 0 amide bonds. The van der Waals surface area contributed by atoms with Gasteiger partial charge in [0.15, 0.2) is 0 Å². The predicted molar refractivity (Wildman–Crippen MR) is 61.8 cm³/mol. The van der Waals surface area contributed by atoms with Crippen LogP contribution < -0.4 is 0 Å². The fourth-order valence-electron chi connectivity index (χ4n) is 0.893. The van der Waals surface area contributed by atoms with E-state index in [1.54, 1.807) is 20.8 Å². The number of halogens is 2. The van der Waals surface area contributed by atoms with Crippen LogP contribution in [0.5, 0.6) is 0 Å². The van der Waals surface area contributed by atoms with Gasteiger partial charge in [0.1, 0.15) is 22.6 Å². The summed E-state index contributed by atoms with van der Waals surface area (Å²) in [5.74, 6) is -1.43. The molecule has 0 aliphatic carbocycles. The lowest BCUT2D eigenvalue weighted by Crippen LogP contribution is -2.19. The summed E-state index contributed by atoms with van der Waals surface area (Å²) < 4.78 is 41.0. The Morgan fingerprint density at radius 1 is 1.25 bits per heavy atom. The summed E-state index contributed by atoms with van der Waals surface area (Å²) in [6.07, 6.45) is 0.978. The van der Waals surface area contributed by atoms with Crippen molar-refractivity contribution in [3.8, 4) is 0 Å². The van der Waals surface area contributed by atoms with Crippen molar-refractivity contribution in [1.29, 1.82) is 0 Å². The van der Waals surface area contributed by atoms with E-state index in [1.807, 2.05) is 0 Å². The second-order valence-corrected chi connectivity index (χ2v) is 6.17. The molecule has 0 saturated carbocycles. The normalized spacial score (nSPS) is 14.3. The quantitative estimate of drug-likeness (QED) is 0.737. The molecule has 0 aromatic heterocycles. The van der Waals surface area contributed by atoms with Crippen molar-refractivity contribution < 1.29 is 13.0 Å². The summed E-state index contributed by atoms with van der Waals surface area (Å²) in [7, 11) is -1.52. The molecular weight excluding hydrogens is 232 g/mol. The van der Waals surface area contributed by atoms with Gasteiger partial charge in [0.2, 0.25) is 0 Å². The van der Waals surface area contributed by atoms with Crippen LogP contribution >= 0.6 is 0 Å². The third-order valence-electron chi connectivity index (χ3n) is 1.80. The van der Waals surface area contributed by atoms with Gasteiger partial charge >= 0.3 is 0 Å². The van der Waals surface area contributed by atoms with E-state index in [2.05, 4.69) is 4.40 Å². The Morgan fingerprint density at radius 3 is 2.19 bits per heavy atom. The van der Waals surface area contributed by atoms with Gasteiger partial charge < -0.3 is 0 Å². The first-order valence-corrected chi connectivity index (χ1v) is 5.83. The number of nitrogens with zero attached hydrogens (tertiary/aromatic N) is 1. The van der Waals surface area contributed by atoms with Gasteiger partial charge in [-0.15, -0.1) is 0 Å². The molecule has 0 fully saturated rings. The molecule has 1 aromatic rings. The van der Waals surface area contributed by atoms with Crippen LogP contribution in [0.2, 0.25) is 0 Å². The molecule has 0 spiro atoms. The van der Waals surface area contributed by atoms with Crippen LogP contribution in [0.1, 0.15) is 26.3 Å². The van der Waals surface area contributed by atoms with Crippen molar-refractivity contribution >= 4 is 17.2 Å². The highest BCUT2D eigenvalue weighted by molar-refractivity contribution is 7.85. The highest BCUT2D eigenvalue weighted by atomic mass is 32.2. The third kappa shape index (κ3) is 3.20. The van der Waals surface area contributed by atoms with Crippen molar-refractivity contribution in [3.63, 3.8) is 0 Å². The fraction of sp³-hybridized carbons (Fsp3) is 0.364. The highest BCUT2D eigenvalue weighted by Crippen LogP contribution is 2.14. The minimum absolute atomic E-state index is 0.264. The lowest BCUT2D eigenvalue weighted by molar-refractivity contribution is 0.580. The second kappa shape index (κ2) is 4.82. The Hall–Kier alpha value is -1.10. The van der Waals surface area contributed by atoms with E-state index in [0.29, 0.717) is 0 Å². The maximum absolute atomic E-state index is 13.2. The molecule has 88 valence electrons. The molecule has 16 heavy (non-hydrogen) atoms. The van der Waals surface area contributed by atoms with Crippen LogP contribution in [0.3, 0.4) is 0 Å². The summed E-state index contributed by atoms with van der Waals surface area (Å²) in [4.78, 5) is 0. The summed E-state index contributed by atoms with van der Waals surface area (Å²) in [5.41, 5.74) is -0.264. The molecule has 0 saturated heterocycles. The average Bonchev–Trinajstić information content (AvgIpc) is 2.15. The molecule has 0 N–H and O–H groups in total. The molecule has 0 radical (unpaired) electrons. The Kier molecular flexibility index (Phi) is 3.91. The number of hydrogen-bond donors (Lipinski definition) is 0. The zero-order chi connectivity index (χ0) is 12.3. The maximum Gasteiger partial charge on any atom is 0.144 e. The zero-order valence-corrected chi connectivity index (χ0v) is 10.1. The van der Waals surface area contributed by atoms with E-state index in [1.165, 1.54) is 6.07 Å². The van der Waals surface area contributed by atoms with Crippen LogP contribution in [-0.2, 0) is 11.0 Å². The van der Waals surface area contributed by atoms with Crippen LogP contribution in [0.15, 0.2) is 22.6 Å². The maximum atomic E-state index is 13.2. The van der Waals surface area contributed by atoms with Crippen molar-refractivity contribution in [3.05, 3.63) is 35.4 Å². The van der Waals surface area contributed by atoms with E-state index in [4.69, 9.17) is 0 Å². The average molecular weight is 245 g/mol. The Bertz CT molecular complexity index is 418. The van der Waals surface area contributed by atoms with Crippen LogP contribution in [0.4, 0.5) is 8.78 Å². The number of benzene rings is 1. The smallest absolute Gasteiger partial charge is 0.144 e. The largest absolute Gasteiger partial charge is 0.234 e. The van der Waals surface area contributed by atoms with Gasteiger partial charge in [0, 0.05) is 0 Å². The molecule has 2 nitrogen and oxygen atoms in total. The second-order valence-electron chi connectivity index (χ2n) is 4.23. The Labute approximate surface area is 96.0 Å². The van der Waals surface area contributed by atoms with E-state index in [0.717, 1.165) is 18.3 Å². The van der Waals surface area contributed by atoms with Crippen LogP contribution in [-0.4, -0.2) is 15.2 Å². The topological polar surface area (TPSA) is 29.4 Å². The van der Waals surface area contributed by atoms with E-state index in [-0.39, 0.29) is 5.56 Å². The standard InChI is InChI=1S/C11H13F2NOS/c1-11(2,3)16(15)14-7-8-9(12)5-4-6-10(8)13/h4-7H,1-3H3/b14-7+/t16-/m1/s1. The van der Waals surface area contributed by atoms with Gasteiger partial charge in [-0.1, -0.05) is 6.07 Å². The fourth-order valence-corrected chi connectivity index (χ4v) is 1.41. The van der Waals surface area contributed by atoms with Crippen molar-refractivity contribution in [2.75, 3.05) is 0 Å². The number of hydrogen-bond acceptors (Lipinski definition) is 1. The summed E-state index contributed by atoms with van der Waals surface area (Å²) in [6, 6.07) is 3.53. The van der Waals surface area contributed by atoms with Gasteiger partial charge in [-0.05, 0) is 32.9 Å². The molecule has 1 atom stereocenters. The number of rotatable bonds is 2. The first kappa shape index (κ1) is 13.0. The summed E-state index contributed by atoms with van der Waals surface area (Å²) >= 11 is 0. The zero-order valence-electron chi connectivity index (χ0n) is 9.33. The van der Waals surface area contributed by atoms with Crippen LogP contribution in [0.25, 0.3) is 0 Å². The van der Waals surface area contributed by atoms with E-state index < -0.39 is 27.4 Å². The highest BCUT2D eigenvalue weighted by Gasteiger charge is 2.18. The van der Waals surface area contributed by atoms with Gasteiger partial charge in [0.25, 0.3) is 0 Å². The molecule has 0 aliphatic rings. The molecule has 0 aliphatic heterocycles. The van der Waals surface area contributed by atoms with Gasteiger partial charge in [-0.3, -0.25) is 0 Å². The lowest BCUT2D eigenvalue weighted by atomic mass is 10.2. The molecule has 1 aromatic carbocycles. The SMILES string of the molecule is CC(C)(C)[S@@](=O)/N=C/c1c(F)cccc1F. The Morgan fingerprint density at radius 2 is 1.75 bits per heavy atom. The molecule has 1 rings (SSSR count). The van der Waals surface area contributed by atoms with Gasteiger partial charge in [-0.2, -0.15) is 4.40 Å². The molecular formula is C11H13F2NOS. The van der Waals surface area contributed by atoms with Crippen molar-refractivity contribution in [1.82, 2.24) is 0 Å². The van der Waals surface area contributed by atoms with Crippen LogP contribution in [0, 0.1) is 11.6 Å². The van der Waals surface area contributed by atoms with Crippen molar-refractivity contribution in [2.45, 2.75) is 25.5 Å². The first-order chi connectivity index (χ1) is 7.32. The van der Waals surface area contributed by atoms with Gasteiger partial charge in [-0.25, -0.2) is 13.0 Å². The van der Waals surface area contributed by atoms with Gasteiger partial charge in [0.05, 0.1) is 16.5 Å².